The van der Waals surface area contributed by atoms with Gasteiger partial charge < -0.3 is 15.6 Å². The van der Waals surface area contributed by atoms with Gasteiger partial charge in [-0.15, -0.1) is 0 Å². The summed E-state index contributed by atoms with van der Waals surface area (Å²) in [4.78, 5) is 0. The molecule has 0 heterocycles. The second-order valence-corrected chi connectivity index (χ2v) is 5.28. The Kier molecular flexibility index (Phi) is 3.72. The second kappa shape index (κ2) is 5.65. The number of rotatable bonds is 3. The van der Waals surface area contributed by atoms with Crippen molar-refractivity contribution in [1.82, 2.24) is 0 Å². The third kappa shape index (κ3) is 2.69. The van der Waals surface area contributed by atoms with Gasteiger partial charge in [-0.25, -0.2) is 0 Å². The molecule has 3 nitrogen and oxygen atoms in total. The molecule has 0 saturated carbocycles. The SMILES string of the molecule is N[C@H]1CCc2ccc(OCc3ccccc3)cc2[C@H]1O. The molecule has 0 saturated heterocycles. The van der Waals surface area contributed by atoms with Gasteiger partial charge in [0.1, 0.15) is 12.4 Å². The molecule has 0 unspecified atom stereocenters. The lowest BCUT2D eigenvalue weighted by Gasteiger charge is -2.27. The first-order valence-corrected chi connectivity index (χ1v) is 6.97. The average Bonchev–Trinajstić information content (AvgIpc) is 2.50. The molecule has 0 bridgehead atoms. The second-order valence-electron chi connectivity index (χ2n) is 5.28. The summed E-state index contributed by atoms with van der Waals surface area (Å²) in [6.07, 6.45) is 1.17. The fourth-order valence-electron chi connectivity index (χ4n) is 2.62. The predicted molar refractivity (Wildman–Crippen MR) is 78.5 cm³/mol. The van der Waals surface area contributed by atoms with Crippen LogP contribution in [0.25, 0.3) is 0 Å². The van der Waals surface area contributed by atoms with Crippen LogP contribution in [0, 0.1) is 0 Å². The molecule has 0 aliphatic heterocycles. The molecule has 0 spiro atoms. The fourth-order valence-corrected chi connectivity index (χ4v) is 2.62. The van der Waals surface area contributed by atoms with E-state index in [9.17, 15) is 5.11 Å². The minimum Gasteiger partial charge on any atom is -0.489 e. The zero-order valence-electron chi connectivity index (χ0n) is 11.3. The van der Waals surface area contributed by atoms with Crippen molar-refractivity contribution in [2.75, 3.05) is 0 Å². The van der Waals surface area contributed by atoms with E-state index in [1.54, 1.807) is 0 Å². The first-order valence-electron chi connectivity index (χ1n) is 6.97. The molecule has 2 aromatic carbocycles. The normalized spacial score (nSPS) is 21.3. The van der Waals surface area contributed by atoms with Crippen molar-refractivity contribution in [1.29, 1.82) is 0 Å². The van der Waals surface area contributed by atoms with Gasteiger partial charge in [-0.3, -0.25) is 0 Å². The molecule has 1 aliphatic rings. The summed E-state index contributed by atoms with van der Waals surface area (Å²) in [7, 11) is 0. The minimum absolute atomic E-state index is 0.174. The molecule has 1 aliphatic carbocycles. The third-order valence-electron chi connectivity index (χ3n) is 3.84. The van der Waals surface area contributed by atoms with E-state index in [-0.39, 0.29) is 6.04 Å². The van der Waals surface area contributed by atoms with Gasteiger partial charge in [0.05, 0.1) is 6.10 Å². The molecule has 2 aromatic rings. The summed E-state index contributed by atoms with van der Waals surface area (Å²) < 4.78 is 5.79. The monoisotopic (exact) mass is 269 g/mol. The number of ether oxygens (including phenoxy) is 1. The molecule has 0 amide bonds. The van der Waals surface area contributed by atoms with Crippen molar-refractivity contribution in [2.24, 2.45) is 5.73 Å². The molecule has 3 heteroatoms. The first-order chi connectivity index (χ1) is 9.74. The molecule has 3 N–H and O–H groups in total. The molecule has 0 fully saturated rings. The smallest absolute Gasteiger partial charge is 0.120 e. The van der Waals surface area contributed by atoms with E-state index in [2.05, 4.69) is 0 Å². The number of hydrogen-bond donors (Lipinski definition) is 2. The third-order valence-corrected chi connectivity index (χ3v) is 3.84. The van der Waals surface area contributed by atoms with Crippen LogP contribution in [-0.2, 0) is 13.0 Å². The molecule has 0 aromatic heterocycles. The van der Waals surface area contributed by atoms with Crippen molar-refractivity contribution in [3.05, 3.63) is 65.2 Å². The van der Waals surface area contributed by atoms with Crippen LogP contribution < -0.4 is 10.5 Å². The Labute approximate surface area is 119 Å². The lowest BCUT2D eigenvalue weighted by Crippen LogP contribution is -2.32. The van der Waals surface area contributed by atoms with E-state index in [4.69, 9.17) is 10.5 Å². The van der Waals surface area contributed by atoms with Gasteiger partial charge in [0.2, 0.25) is 0 Å². The molecule has 3 rings (SSSR count). The Morgan fingerprint density at radius 1 is 1.15 bits per heavy atom. The molecule has 0 radical (unpaired) electrons. The summed E-state index contributed by atoms with van der Waals surface area (Å²) in [5.41, 5.74) is 9.13. The zero-order valence-corrected chi connectivity index (χ0v) is 11.3. The topological polar surface area (TPSA) is 55.5 Å². The van der Waals surface area contributed by atoms with Crippen molar-refractivity contribution in [3.63, 3.8) is 0 Å². The number of aryl methyl sites for hydroxylation is 1. The van der Waals surface area contributed by atoms with E-state index < -0.39 is 6.10 Å². The van der Waals surface area contributed by atoms with Crippen molar-refractivity contribution in [3.8, 4) is 5.75 Å². The van der Waals surface area contributed by atoms with Gasteiger partial charge in [0, 0.05) is 6.04 Å². The largest absolute Gasteiger partial charge is 0.489 e. The highest BCUT2D eigenvalue weighted by Crippen LogP contribution is 2.31. The summed E-state index contributed by atoms with van der Waals surface area (Å²) in [6.45, 7) is 0.530. The van der Waals surface area contributed by atoms with E-state index in [0.29, 0.717) is 6.61 Å². The van der Waals surface area contributed by atoms with E-state index in [0.717, 1.165) is 29.7 Å². The van der Waals surface area contributed by atoms with Crippen LogP contribution in [0.4, 0.5) is 0 Å². The van der Waals surface area contributed by atoms with Gasteiger partial charge in [-0.1, -0.05) is 36.4 Å². The standard InChI is InChI=1S/C17H19NO2/c18-16-9-7-13-6-8-14(10-15(13)17(16)19)20-11-12-4-2-1-3-5-12/h1-6,8,10,16-17,19H,7,9,11,18H2/t16-,17+/m0/s1. The van der Waals surface area contributed by atoms with Crippen LogP contribution in [0.1, 0.15) is 29.2 Å². The van der Waals surface area contributed by atoms with E-state index >= 15 is 0 Å². The Morgan fingerprint density at radius 3 is 2.75 bits per heavy atom. The fraction of sp³-hybridized carbons (Fsp3) is 0.294. The highest BCUT2D eigenvalue weighted by Gasteiger charge is 2.25. The Hall–Kier alpha value is -1.84. The van der Waals surface area contributed by atoms with Crippen LogP contribution in [0.5, 0.6) is 5.75 Å². The first kappa shape index (κ1) is 13.2. The molecule has 2 atom stereocenters. The maximum absolute atomic E-state index is 10.2. The average molecular weight is 269 g/mol. The van der Waals surface area contributed by atoms with E-state index in [1.165, 1.54) is 5.56 Å². The maximum Gasteiger partial charge on any atom is 0.120 e. The van der Waals surface area contributed by atoms with Gasteiger partial charge in [0.25, 0.3) is 0 Å². The van der Waals surface area contributed by atoms with Crippen LogP contribution in [-0.4, -0.2) is 11.1 Å². The van der Waals surface area contributed by atoms with Crippen LogP contribution in [0.3, 0.4) is 0 Å². The summed E-state index contributed by atoms with van der Waals surface area (Å²) >= 11 is 0. The molecular formula is C17H19NO2. The van der Waals surface area contributed by atoms with Gasteiger partial charge in [-0.05, 0) is 41.7 Å². The van der Waals surface area contributed by atoms with Gasteiger partial charge >= 0.3 is 0 Å². The molecular weight excluding hydrogens is 250 g/mol. The number of nitrogens with two attached hydrogens (primary N) is 1. The van der Waals surface area contributed by atoms with Crippen molar-refractivity contribution in [2.45, 2.75) is 31.6 Å². The Balaban J connectivity index is 1.75. The molecule has 20 heavy (non-hydrogen) atoms. The highest BCUT2D eigenvalue weighted by molar-refractivity contribution is 5.39. The molecule has 104 valence electrons. The van der Waals surface area contributed by atoms with Crippen LogP contribution >= 0.6 is 0 Å². The zero-order chi connectivity index (χ0) is 13.9. The quantitative estimate of drug-likeness (QED) is 0.900. The number of aliphatic hydroxyl groups is 1. The predicted octanol–water partition coefficient (Wildman–Crippen LogP) is 2.57. The maximum atomic E-state index is 10.2. The summed E-state index contributed by atoms with van der Waals surface area (Å²) in [6, 6.07) is 15.8. The summed E-state index contributed by atoms with van der Waals surface area (Å²) in [5, 5.41) is 10.2. The number of fused-ring (bicyclic) bond motifs is 1. The van der Waals surface area contributed by atoms with Crippen molar-refractivity contribution >= 4 is 0 Å². The van der Waals surface area contributed by atoms with Gasteiger partial charge in [-0.2, -0.15) is 0 Å². The lowest BCUT2D eigenvalue weighted by atomic mass is 9.86. The Bertz CT molecular complexity index is 583. The van der Waals surface area contributed by atoms with Crippen molar-refractivity contribution < 1.29 is 9.84 Å². The number of hydrogen-bond acceptors (Lipinski definition) is 3. The number of aliphatic hydroxyl groups excluding tert-OH is 1. The highest BCUT2D eigenvalue weighted by atomic mass is 16.5. The minimum atomic E-state index is -0.584. The number of benzene rings is 2. The Morgan fingerprint density at radius 2 is 1.95 bits per heavy atom. The lowest BCUT2D eigenvalue weighted by molar-refractivity contribution is 0.133. The van der Waals surface area contributed by atoms with E-state index in [1.807, 2.05) is 48.5 Å². The van der Waals surface area contributed by atoms with Crippen LogP contribution in [0.2, 0.25) is 0 Å². The van der Waals surface area contributed by atoms with Crippen LogP contribution in [0.15, 0.2) is 48.5 Å². The van der Waals surface area contributed by atoms with Gasteiger partial charge in [0.15, 0.2) is 0 Å². The summed E-state index contributed by atoms with van der Waals surface area (Å²) in [5.74, 6) is 0.778.